The maximum atomic E-state index is 12.3. The van der Waals surface area contributed by atoms with Gasteiger partial charge >= 0.3 is 0 Å². The lowest BCUT2D eigenvalue weighted by Crippen LogP contribution is -2.05. The van der Waals surface area contributed by atoms with E-state index in [9.17, 15) is 15.0 Å². The van der Waals surface area contributed by atoms with Crippen LogP contribution in [0, 0.1) is 0 Å². The monoisotopic (exact) mass is 325 g/mol. The average Bonchev–Trinajstić information content (AvgIpc) is 2.92. The number of benzene rings is 3. The molecular formula is C18H15NO5. The minimum absolute atomic E-state index is 0.162. The van der Waals surface area contributed by atoms with Crippen LogP contribution in [0.2, 0.25) is 0 Å². The quantitative estimate of drug-likeness (QED) is 0.645. The van der Waals surface area contributed by atoms with Crippen LogP contribution in [0.4, 0.5) is 5.69 Å². The number of aliphatic hydroxyl groups excluding tert-OH is 1. The number of rotatable bonds is 3. The number of carbonyl (C=O) groups excluding carboxylic acids is 1. The van der Waals surface area contributed by atoms with E-state index >= 15 is 0 Å². The van der Waals surface area contributed by atoms with Crippen LogP contribution in [-0.2, 0) is 6.61 Å². The van der Waals surface area contributed by atoms with Crippen LogP contribution in [0.1, 0.15) is 15.9 Å². The zero-order valence-corrected chi connectivity index (χ0v) is 13.1. The molecule has 1 amide bonds. The summed E-state index contributed by atoms with van der Waals surface area (Å²) in [5.41, 5.74) is 0.966. The van der Waals surface area contributed by atoms with Gasteiger partial charge in [-0.25, -0.2) is 0 Å². The fraction of sp³-hybridized carbons (Fsp3) is 0.167. The summed E-state index contributed by atoms with van der Waals surface area (Å²) >= 11 is 0. The highest BCUT2D eigenvalue weighted by atomic mass is 16.5. The maximum absolute atomic E-state index is 12.3. The number of aromatic hydroxyl groups is 1. The summed E-state index contributed by atoms with van der Waals surface area (Å²) in [6, 6.07) is 7.42. The lowest BCUT2D eigenvalue weighted by atomic mass is 9.94. The molecule has 1 aliphatic heterocycles. The molecule has 6 heteroatoms. The smallest absolute Gasteiger partial charge is 0.260 e. The molecule has 122 valence electrons. The van der Waals surface area contributed by atoms with Gasteiger partial charge in [-0.2, -0.15) is 0 Å². The third-order valence-corrected chi connectivity index (χ3v) is 4.46. The van der Waals surface area contributed by atoms with Crippen molar-refractivity contribution in [2.24, 2.45) is 0 Å². The molecule has 0 saturated carbocycles. The second kappa shape index (κ2) is 5.01. The minimum atomic E-state index is -0.444. The number of phenols is 1. The molecule has 3 aromatic rings. The molecule has 3 N–H and O–H groups in total. The van der Waals surface area contributed by atoms with Crippen molar-refractivity contribution in [2.75, 3.05) is 19.5 Å². The third kappa shape index (κ3) is 1.71. The van der Waals surface area contributed by atoms with Crippen molar-refractivity contribution < 1.29 is 24.5 Å². The third-order valence-electron chi connectivity index (χ3n) is 4.46. The number of anilines is 1. The molecule has 1 aliphatic rings. The molecule has 0 aliphatic carbocycles. The lowest BCUT2D eigenvalue weighted by molar-refractivity contribution is 0.102. The molecule has 4 rings (SSSR count). The SMILES string of the molecule is COc1ccc2cc3c4c(c(O)c(CO)c(OC)c4c2c1)C(=O)N3. The fourth-order valence-electron chi connectivity index (χ4n) is 3.40. The van der Waals surface area contributed by atoms with Crippen molar-refractivity contribution in [1.29, 1.82) is 0 Å². The van der Waals surface area contributed by atoms with Gasteiger partial charge < -0.3 is 25.0 Å². The van der Waals surface area contributed by atoms with Gasteiger partial charge in [0.25, 0.3) is 5.91 Å². The van der Waals surface area contributed by atoms with Crippen LogP contribution in [-0.4, -0.2) is 30.3 Å². The number of methoxy groups -OCH3 is 2. The fourth-order valence-corrected chi connectivity index (χ4v) is 3.40. The van der Waals surface area contributed by atoms with Crippen molar-refractivity contribution in [3.63, 3.8) is 0 Å². The molecule has 6 nitrogen and oxygen atoms in total. The van der Waals surface area contributed by atoms with Gasteiger partial charge in [0.05, 0.1) is 37.6 Å². The number of hydrogen-bond acceptors (Lipinski definition) is 5. The summed E-state index contributed by atoms with van der Waals surface area (Å²) in [5.74, 6) is 0.370. The zero-order chi connectivity index (χ0) is 17.0. The number of fused-ring (bicyclic) bond motifs is 2. The largest absolute Gasteiger partial charge is 0.507 e. The predicted molar refractivity (Wildman–Crippen MR) is 90.1 cm³/mol. The van der Waals surface area contributed by atoms with E-state index in [1.165, 1.54) is 7.11 Å². The van der Waals surface area contributed by atoms with Crippen LogP contribution < -0.4 is 14.8 Å². The molecule has 3 aromatic carbocycles. The molecule has 24 heavy (non-hydrogen) atoms. The van der Waals surface area contributed by atoms with Gasteiger partial charge in [0, 0.05) is 10.8 Å². The molecule has 0 saturated heterocycles. The van der Waals surface area contributed by atoms with Gasteiger partial charge in [0.1, 0.15) is 17.2 Å². The van der Waals surface area contributed by atoms with E-state index in [1.807, 2.05) is 24.3 Å². The summed E-state index contributed by atoms with van der Waals surface area (Å²) in [4.78, 5) is 12.3. The van der Waals surface area contributed by atoms with E-state index in [0.29, 0.717) is 28.0 Å². The Morgan fingerprint density at radius 2 is 1.92 bits per heavy atom. The number of amides is 1. The lowest BCUT2D eigenvalue weighted by Gasteiger charge is -2.16. The second-order valence-corrected chi connectivity index (χ2v) is 5.61. The summed E-state index contributed by atoms with van der Waals surface area (Å²) in [6.07, 6.45) is 0. The Hall–Kier alpha value is -2.99. The first-order valence-electron chi connectivity index (χ1n) is 7.39. The van der Waals surface area contributed by atoms with Crippen molar-refractivity contribution in [2.45, 2.75) is 6.61 Å². The minimum Gasteiger partial charge on any atom is -0.507 e. The van der Waals surface area contributed by atoms with Crippen LogP contribution in [0.25, 0.3) is 21.5 Å². The van der Waals surface area contributed by atoms with Crippen molar-refractivity contribution in [3.8, 4) is 17.2 Å². The number of nitrogens with one attached hydrogen (secondary N) is 1. The molecule has 0 fully saturated rings. The van der Waals surface area contributed by atoms with E-state index in [4.69, 9.17) is 9.47 Å². The van der Waals surface area contributed by atoms with E-state index in [0.717, 1.165) is 10.8 Å². The molecule has 0 aromatic heterocycles. The van der Waals surface area contributed by atoms with E-state index in [2.05, 4.69) is 5.32 Å². The van der Waals surface area contributed by atoms with Gasteiger partial charge in [-0.3, -0.25) is 4.79 Å². The first-order valence-corrected chi connectivity index (χ1v) is 7.39. The Bertz CT molecular complexity index is 1030. The highest BCUT2D eigenvalue weighted by molar-refractivity contribution is 6.31. The Labute approximate surface area is 137 Å². The van der Waals surface area contributed by atoms with E-state index < -0.39 is 12.5 Å². The summed E-state index contributed by atoms with van der Waals surface area (Å²) in [6.45, 7) is -0.444. The number of carbonyl (C=O) groups is 1. The first-order chi connectivity index (χ1) is 11.6. The number of ether oxygens (including phenoxy) is 2. The van der Waals surface area contributed by atoms with Gasteiger partial charge in [0.2, 0.25) is 0 Å². The highest BCUT2D eigenvalue weighted by Crippen LogP contribution is 2.49. The molecule has 0 bridgehead atoms. The first kappa shape index (κ1) is 14.6. The average molecular weight is 325 g/mol. The molecule has 0 spiro atoms. The van der Waals surface area contributed by atoms with Crippen LogP contribution in [0.3, 0.4) is 0 Å². The molecule has 0 unspecified atom stereocenters. The Kier molecular flexibility index (Phi) is 3.04. The van der Waals surface area contributed by atoms with Crippen molar-refractivity contribution >= 4 is 33.1 Å². The van der Waals surface area contributed by atoms with Gasteiger partial charge in [-0.05, 0) is 29.0 Å². The Morgan fingerprint density at radius 1 is 1.12 bits per heavy atom. The standard InChI is InChI=1S/C18H15NO5/c1-23-9-4-3-8-5-12-14-13(10(8)6-9)17(24-2)11(7-20)16(21)15(14)18(22)19-12/h3-6,20-21H,7H2,1-2H3,(H,19,22). The van der Waals surface area contributed by atoms with Crippen molar-refractivity contribution in [1.82, 2.24) is 0 Å². The van der Waals surface area contributed by atoms with Gasteiger partial charge in [0.15, 0.2) is 0 Å². The molecule has 1 heterocycles. The van der Waals surface area contributed by atoms with E-state index in [1.54, 1.807) is 7.11 Å². The normalized spacial score (nSPS) is 12.7. The van der Waals surface area contributed by atoms with Crippen LogP contribution >= 0.6 is 0 Å². The van der Waals surface area contributed by atoms with Crippen molar-refractivity contribution in [3.05, 3.63) is 35.4 Å². The summed E-state index contributed by atoms with van der Waals surface area (Å²) < 4.78 is 10.8. The molecular weight excluding hydrogens is 310 g/mol. The summed E-state index contributed by atoms with van der Waals surface area (Å²) in [5, 5.41) is 25.9. The number of aliphatic hydroxyl groups is 1. The molecule has 0 radical (unpaired) electrons. The van der Waals surface area contributed by atoms with Gasteiger partial charge in [-0.1, -0.05) is 6.07 Å². The zero-order valence-electron chi connectivity index (χ0n) is 13.1. The van der Waals surface area contributed by atoms with E-state index in [-0.39, 0.29) is 16.9 Å². The Morgan fingerprint density at radius 3 is 2.58 bits per heavy atom. The highest BCUT2D eigenvalue weighted by Gasteiger charge is 2.31. The Balaban J connectivity index is 2.31. The summed E-state index contributed by atoms with van der Waals surface area (Å²) in [7, 11) is 3.05. The topological polar surface area (TPSA) is 88.0 Å². The van der Waals surface area contributed by atoms with Gasteiger partial charge in [-0.15, -0.1) is 0 Å². The maximum Gasteiger partial charge on any atom is 0.260 e. The van der Waals surface area contributed by atoms with Crippen LogP contribution in [0.15, 0.2) is 24.3 Å². The predicted octanol–water partition coefficient (Wildman–Crippen LogP) is 2.77. The van der Waals surface area contributed by atoms with Crippen LogP contribution in [0.5, 0.6) is 17.2 Å². The second-order valence-electron chi connectivity index (χ2n) is 5.61. The number of hydrogen-bond donors (Lipinski definition) is 3. The molecule has 0 atom stereocenters.